The van der Waals surface area contributed by atoms with Crippen LogP contribution in [0.5, 0.6) is 0 Å². The van der Waals surface area contributed by atoms with Crippen molar-refractivity contribution >= 4 is 11.8 Å². The summed E-state index contributed by atoms with van der Waals surface area (Å²) in [6, 6.07) is -0.484. The maximum absolute atomic E-state index is 12.7. The summed E-state index contributed by atoms with van der Waals surface area (Å²) >= 11 is 0. The predicted molar refractivity (Wildman–Crippen MR) is 73.1 cm³/mol. The molecule has 0 bridgehead atoms. The fraction of sp³-hybridized carbons (Fsp3) is 0.857. The van der Waals surface area contributed by atoms with Crippen LogP contribution >= 0.6 is 0 Å². The van der Waals surface area contributed by atoms with Gasteiger partial charge in [-0.05, 0) is 32.1 Å². The second-order valence-electron chi connectivity index (χ2n) is 5.85. The third kappa shape index (κ3) is 3.26. The summed E-state index contributed by atoms with van der Waals surface area (Å²) in [7, 11) is 0. The second kappa shape index (κ2) is 6.37. The van der Waals surface area contributed by atoms with Crippen LogP contribution in [0.25, 0.3) is 0 Å². The molecule has 1 saturated heterocycles. The minimum Gasteiger partial charge on any atom is -0.368 e. The van der Waals surface area contributed by atoms with E-state index >= 15 is 0 Å². The first-order valence-electron chi connectivity index (χ1n) is 7.46. The molecule has 1 saturated carbocycles. The summed E-state index contributed by atoms with van der Waals surface area (Å²) in [6.45, 7) is 0.648. The molecular formula is C14H25N3O2. The molecule has 3 atom stereocenters. The normalized spacial score (nSPS) is 32.7. The van der Waals surface area contributed by atoms with Crippen LogP contribution < -0.4 is 11.5 Å². The highest BCUT2D eigenvalue weighted by Crippen LogP contribution is 2.27. The summed E-state index contributed by atoms with van der Waals surface area (Å²) in [6.07, 6.45) is 7.68. The van der Waals surface area contributed by atoms with Gasteiger partial charge in [-0.3, -0.25) is 9.59 Å². The molecule has 1 heterocycles. The minimum absolute atomic E-state index is 0.0536. The molecule has 108 valence electrons. The van der Waals surface area contributed by atoms with Gasteiger partial charge in [-0.2, -0.15) is 0 Å². The molecular weight excluding hydrogens is 242 g/mol. The molecule has 1 aliphatic heterocycles. The Labute approximate surface area is 114 Å². The van der Waals surface area contributed by atoms with Crippen molar-refractivity contribution in [2.75, 3.05) is 6.54 Å². The third-order valence-electron chi connectivity index (χ3n) is 4.50. The Kier molecular flexibility index (Phi) is 4.80. The Morgan fingerprint density at radius 3 is 2.37 bits per heavy atom. The fourth-order valence-corrected chi connectivity index (χ4v) is 3.35. The summed E-state index contributed by atoms with van der Waals surface area (Å²) in [5.74, 6) is -0.449. The summed E-state index contributed by atoms with van der Waals surface area (Å²) in [5.41, 5.74) is 11.6. The smallest absolute Gasteiger partial charge is 0.240 e. The zero-order valence-electron chi connectivity index (χ0n) is 11.5. The zero-order valence-corrected chi connectivity index (χ0v) is 11.5. The molecule has 0 aromatic rings. The number of carbonyl (C=O) groups is 2. The lowest BCUT2D eigenvalue weighted by Crippen LogP contribution is -2.54. The maximum Gasteiger partial charge on any atom is 0.240 e. The Bertz CT molecular complexity index is 346. The molecule has 0 spiro atoms. The van der Waals surface area contributed by atoms with E-state index < -0.39 is 6.04 Å². The molecule has 2 amide bonds. The van der Waals surface area contributed by atoms with Crippen LogP contribution in [0.4, 0.5) is 0 Å². The van der Waals surface area contributed by atoms with Crippen molar-refractivity contribution in [3.8, 4) is 0 Å². The number of nitrogens with zero attached hydrogens (tertiary/aromatic N) is 1. The Hall–Kier alpha value is -1.10. The van der Waals surface area contributed by atoms with Gasteiger partial charge in [-0.15, -0.1) is 0 Å². The van der Waals surface area contributed by atoms with E-state index in [0.717, 1.165) is 44.9 Å². The van der Waals surface area contributed by atoms with E-state index in [4.69, 9.17) is 11.5 Å². The largest absolute Gasteiger partial charge is 0.368 e. The minimum atomic E-state index is -0.420. The molecule has 0 aromatic heterocycles. The number of carbonyl (C=O) groups excluding carboxylic acids is 2. The first kappa shape index (κ1) is 14.3. The van der Waals surface area contributed by atoms with Gasteiger partial charge in [-0.25, -0.2) is 0 Å². The summed E-state index contributed by atoms with van der Waals surface area (Å²) in [5, 5.41) is 0. The molecule has 0 radical (unpaired) electrons. The van der Waals surface area contributed by atoms with Gasteiger partial charge in [0.1, 0.15) is 6.04 Å². The average molecular weight is 267 g/mol. The highest BCUT2D eigenvalue weighted by atomic mass is 16.2. The van der Waals surface area contributed by atoms with Crippen LogP contribution in [-0.4, -0.2) is 35.3 Å². The van der Waals surface area contributed by atoms with Gasteiger partial charge >= 0.3 is 0 Å². The van der Waals surface area contributed by atoms with Crippen LogP contribution in [0.3, 0.4) is 0 Å². The standard InChI is InChI=1S/C14H25N3O2/c15-11-7-3-1-2-6-10(11)14(19)17-9-5-4-8-12(17)13(16)18/h10-12H,1-9,15H2,(H2,16,18). The van der Waals surface area contributed by atoms with Gasteiger partial charge in [0.15, 0.2) is 0 Å². The Morgan fingerprint density at radius 2 is 1.63 bits per heavy atom. The summed E-state index contributed by atoms with van der Waals surface area (Å²) < 4.78 is 0. The van der Waals surface area contributed by atoms with E-state index in [9.17, 15) is 9.59 Å². The summed E-state index contributed by atoms with van der Waals surface area (Å²) in [4.78, 5) is 25.9. The lowest BCUT2D eigenvalue weighted by atomic mass is 9.91. The monoisotopic (exact) mass is 267 g/mol. The van der Waals surface area contributed by atoms with Crippen LogP contribution in [0.15, 0.2) is 0 Å². The number of primary amides is 1. The van der Waals surface area contributed by atoms with Crippen molar-refractivity contribution in [3.05, 3.63) is 0 Å². The molecule has 0 aromatic carbocycles. The van der Waals surface area contributed by atoms with E-state index in [2.05, 4.69) is 0 Å². The number of piperidine rings is 1. The number of likely N-dealkylation sites (tertiary alicyclic amines) is 1. The van der Waals surface area contributed by atoms with E-state index in [1.807, 2.05) is 0 Å². The molecule has 19 heavy (non-hydrogen) atoms. The number of hydrogen-bond donors (Lipinski definition) is 2. The average Bonchev–Trinajstić information content (AvgIpc) is 2.62. The number of rotatable bonds is 2. The topological polar surface area (TPSA) is 89.4 Å². The van der Waals surface area contributed by atoms with Crippen LogP contribution in [0.1, 0.15) is 51.4 Å². The quantitative estimate of drug-likeness (QED) is 0.724. The first-order valence-corrected chi connectivity index (χ1v) is 7.46. The van der Waals surface area contributed by atoms with E-state index in [-0.39, 0.29) is 23.8 Å². The van der Waals surface area contributed by atoms with Crippen molar-refractivity contribution < 1.29 is 9.59 Å². The molecule has 2 rings (SSSR count). The molecule has 2 aliphatic rings. The van der Waals surface area contributed by atoms with E-state index in [1.165, 1.54) is 0 Å². The van der Waals surface area contributed by atoms with Crippen molar-refractivity contribution in [1.82, 2.24) is 4.90 Å². The number of amides is 2. The molecule has 4 N–H and O–H groups in total. The van der Waals surface area contributed by atoms with Crippen molar-refractivity contribution in [3.63, 3.8) is 0 Å². The highest BCUT2D eigenvalue weighted by molar-refractivity contribution is 5.88. The first-order chi connectivity index (χ1) is 9.11. The zero-order chi connectivity index (χ0) is 13.8. The van der Waals surface area contributed by atoms with Crippen molar-refractivity contribution in [2.45, 2.75) is 63.5 Å². The predicted octanol–water partition coefficient (Wildman–Crippen LogP) is 0.760. The fourth-order valence-electron chi connectivity index (χ4n) is 3.35. The van der Waals surface area contributed by atoms with E-state index in [1.54, 1.807) is 4.90 Å². The Balaban J connectivity index is 2.09. The van der Waals surface area contributed by atoms with Gasteiger partial charge in [0.2, 0.25) is 11.8 Å². The second-order valence-corrected chi connectivity index (χ2v) is 5.85. The van der Waals surface area contributed by atoms with Gasteiger partial charge in [0.05, 0.1) is 5.92 Å². The number of nitrogens with two attached hydrogens (primary N) is 2. The highest BCUT2D eigenvalue weighted by Gasteiger charge is 2.36. The van der Waals surface area contributed by atoms with Gasteiger partial charge in [-0.1, -0.05) is 19.3 Å². The lowest BCUT2D eigenvalue weighted by Gasteiger charge is -2.37. The van der Waals surface area contributed by atoms with Crippen LogP contribution in [-0.2, 0) is 9.59 Å². The maximum atomic E-state index is 12.7. The van der Waals surface area contributed by atoms with Crippen molar-refractivity contribution in [2.24, 2.45) is 17.4 Å². The molecule has 1 aliphatic carbocycles. The van der Waals surface area contributed by atoms with Crippen LogP contribution in [0.2, 0.25) is 0 Å². The van der Waals surface area contributed by atoms with Gasteiger partial charge in [0, 0.05) is 12.6 Å². The molecule has 3 unspecified atom stereocenters. The lowest BCUT2D eigenvalue weighted by molar-refractivity contribution is -0.145. The van der Waals surface area contributed by atoms with E-state index in [0.29, 0.717) is 13.0 Å². The number of hydrogen-bond acceptors (Lipinski definition) is 3. The third-order valence-corrected chi connectivity index (χ3v) is 4.50. The SMILES string of the molecule is NC(=O)C1CCCCN1C(=O)C1CCCCCC1N. The van der Waals surface area contributed by atoms with Gasteiger partial charge in [0.25, 0.3) is 0 Å². The molecule has 5 heteroatoms. The molecule has 2 fully saturated rings. The van der Waals surface area contributed by atoms with Crippen molar-refractivity contribution in [1.29, 1.82) is 0 Å². The molecule has 5 nitrogen and oxygen atoms in total. The Morgan fingerprint density at radius 1 is 0.947 bits per heavy atom. The van der Waals surface area contributed by atoms with Crippen LogP contribution in [0, 0.1) is 5.92 Å². The van der Waals surface area contributed by atoms with Gasteiger partial charge < -0.3 is 16.4 Å².